The van der Waals surface area contributed by atoms with Gasteiger partial charge in [-0.15, -0.1) is 0 Å². The van der Waals surface area contributed by atoms with Crippen LogP contribution < -0.4 is 5.32 Å². The lowest BCUT2D eigenvalue weighted by Gasteiger charge is -2.25. The molecule has 2 heterocycles. The van der Waals surface area contributed by atoms with E-state index in [-0.39, 0.29) is 26.3 Å². The number of piperidine rings is 1. The van der Waals surface area contributed by atoms with Crippen molar-refractivity contribution in [2.24, 2.45) is 0 Å². The van der Waals surface area contributed by atoms with E-state index in [9.17, 15) is 23.3 Å². The second kappa shape index (κ2) is 8.50. The van der Waals surface area contributed by atoms with Crippen LogP contribution in [0.5, 0.6) is 0 Å². The number of nitrogens with zero attached hydrogens (tertiary/aromatic N) is 3. The average Bonchev–Trinajstić information content (AvgIpc) is 3.15. The van der Waals surface area contributed by atoms with Crippen molar-refractivity contribution < 1.29 is 18.1 Å². The van der Waals surface area contributed by atoms with Gasteiger partial charge in [-0.3, -0.25) is 20.2 Å². The highest BCUT2D eigenvalue weighted by atomic mass is 35.5. The van der Waals surface area contributed by atoms with E-state index in [1.807, 2.05) is 0 Å². The molecule has 0 atom stereocenters. The quantitative estimate of drug-likeness (QED) is 0.429. The van der Waals surface area contributed by atoms with Crippen LogP contribution in [0.3, 0.4) is 0 Å². The van der Waals surface area contributed by atoms with Gasteiger partial charge in [-0.05, 0) is 43.2 Å². The van der Waals surface area contributed by atoms with Crippen molar-refractivity contribution in [3.05, 3.63) is 57.1 Å². The molecule has 0 saturated carbocycles. The molecular weight excluding hydrogens is 464 g/mol. The van der Waals surface area contributed by atoms with Gasteiger partial charge in [0.15, 0.2) is 5.13 Å². The van der Waals surface area contributed by atoms with Crippen molar-refractivity contribution in [3.63, 3.8) is 0 Å². The Kier molecular flexibility index (Phi) is 5.93. The number of nitro groups is 1. The van der Waals surface area contributed by atoms with Crippen molar-refractivity contribution in [2.45, 2.75) is 24.2 Å². The van der Waals surface area contributed by atoms with Crippen molar-refractivity contribution in [1.29, 1.82) is 0 Å². The summed E-state index contributed by atoms with van der Waals surface area (Å²) in [5.74, 6) is -0.583. The smallest absolute Gasteiger partial charge is 0.288 e. The number of carbonyl (C=O) groups excluding carboxylic acids is 1. The number of amides is 1. The zero-order valence-electron chi connectivity index (χ0n) is 16.1. The van der Waals surface area contributed by atoms with Gasteiger partial charge >= 0.3 is 0 Å². The van der Waals surface area contributed by atoms with Crippen LogP contribution in [-0.2, 0) is 10.0 Å². The predicted octanol–water partition coefficient (Wildman–Crippen LogP) is 4.28. The summed E-state index contributed by atoms with van der Waals surface area (Å²) < 4.78 is 27.9. The molecule has 3 aromatic rings. The molecule has 1 aliphatic rings. The summed E-state index contributed by atoms with van der Waals surface area (Å²) in [4.78, 5) is 27.4. The van der Waals surface area contributed by atoms with Gasteiger partial charge in [0.1, 0.15) is 5.02 Å². The zero-order valence-corrected chi connectivity index (χ0v) is 18.5. The summed E-state index contributed by atoms with van der Waals surface area (Å²) >= 11 is 6.91. The largest absolute Gasteiger partial charge is 0.298 e. The van der Waals surface area contributed by atoms with E-state index in [4.69, 9.17) is 11.6 Å². The Balaban J connectivity index is 1.58. The van der Waals surface area contributed by atoms with Crippen molar-refractivity contribution >= 4 is 59.9 Å². The number of hydrogen-bond donors (Lipinski definition) is 1. The molecule has 0 bridgehead atoms. The maximum atomic E-state index is 12.9. The second-order valence-electron chi connectivity index (χ2n) is 6.99. The summed E-state index contributed by atoms with van der Waals surface area (Å²) in [6.07, 6.45) is 2.72. The highest BCUT2D eigenvalue weighted by molar-refractivity contribution is 7.89. The minimum absolute atomic E-state index is 0.0590. The SMILES string of the molecule is O=C(Nc1nc2ccc(S(=O)(=O)N3CCCCC3)cc2s1)c1ccc(Cl)c([N+](=O)[O-])c1. The minimum atomic E-state index is -3.58. The first kappa shape index (κ1) is 21.6. The Labute approximate surface area is 186 Å². The molecular formula is C19H17ClN4O5S2. The van der Waals surface area contributed by atoms with E-state index in [0.717, 1.165) is 36.7 Å². The first-order valence-electron chi connectivity index (χ1n) is 9.42. The Bertz CT molecular complexity index is 1290. The van der Waals surface area contributed by atoms with E-state index in [2.05, 4.69) is 10.3 Å². The van der Waals surface area contributed by atoms with Gasteiger partial charge in [0.25, 0.3) is 11.6 Å². The molecule has 0 aliphatic carbocycles. The number of nitrogens with one attached hydrogen (secondary N) is 1. The van der Waals surface area contributed by atoms with Crippen LogP contribution in [0.25, 0.3) is 10.2 Å². The summed E-state index contributed by atoms with van der Waals surface area (Å²) in [6.45, 7) is 1.02. The van der Waals surface area contributed by atoms with E-state index in [1.165, 1.54) is 22.5 Å². The third-order valence-corrected chi connectivity index (χ3v) is 8.09. The molecule has 4 rings (SSSR count). The summed E-state index contributed by atoms with van der Waals surface area (Å²) in [5.41, 5.74) is 0.231. The van der Waals surface area contributed by atoms with Gasteiger partial charge < -0.3 is 0 Å². The maximum Gasteiger partial charge on any atom is 0.288 e. The van der Waals surface area contributed by atoms with Gasteiger partial charge in [-0.2, -0.15) is 4.31 Å². The third kappa shape index (κ3) is 4.40. The maximum absolute atomic E-state index is 12.9. The van der Waals surface area contributed by atoms with E-state index in [0.29, 0.717) is 23.3 Å². The van der Waals surface area contributed by atoms with Crippen molar-refractivity contribution in [2.75, 3.05) is 18.4 Å². The highest BCUT2D eigenvalue weighted by Crippen LogP contribution is 2.31. The van der Waals surface area contributed by atoms with Crippen molar-refractivity contribution in [1.82, 2.24) is 9.29 Å². The lowest BCUT2D eigenvalue weighted by Crippen LogP contribution is -2.35. The van der Waals surface area contributed by atoms with Crippen LogP contribution in [0.2, 0.25) is 5.02 Å². The summed E-state index contributed by atoms with van der Waals surface area (Å²) in [5, 5.41) is 13.8. The highest BCUT2D eigenvalue weighted by Gasteiger charge is 2.26. The summed E-state index contributed by atoms with van der Waals surface area (Å²) in [7, 11) is -3.58. The number of anilines is 1. The molecule has 1 N–H and O–H groups in total. The average molecular weight is 481 g/mol. The molecule has 12 heteroatoms. The number of rotatable bonds is 5. The Morgan fingerprint density at radius 3 is 2.61 bits per heavy atom. The van der Waals surface area contributed by atoms with Gasteiger partial charge in [0, 0.05) is 24.7 Å². The molecule has 1 aromatic heterocycles. The number of aromatic nitrogens is 1. The second-order valence-corrected chi connectivity index (χ2v) is 10.4. The lowest BCUT2D eigenvalue weighted by molar-refractivity contribution is -0.384. The van der Waals surface area contributed by atoms with E-state index in [1.54, 1.807) is 12.1 Å². The minimum Gasteiger partial charge on any atom is -0.298 e. The monoisotopic (exact) mass is 480 g/mol. The molecule has 31 heavy (non-hydrogen) atoms. The molecule has 2 aromatic carbocycles. The number of benzene rings is 2. The topological polar surface area (TPSA) is 123 Å². The van der Waals surface area contributed by atoms with Gasteiger partial charge in [-0.25, -0.2) is 13.4 Å². The molecule has 1 saturated heterocycles. The molecule has 9 nitrogen and oxygen atoms in total. The Morgan fingerprint density at radius 1 is 1.16 bits per heavy atom. The fraction of sp³-hybridized carbons (Fsp3) is 0.263. The van der Waals surface area contributed by atoms with E-state index >= 15 is 0 Å². The number of carbonyl (C=O) groups is 1. The Hall–Kier alpha value is -2.60. The van der Waals surface area contributed by atoms with E-state index < -0.39 is 20.9 Å². The first-order valence-corrected chi connectivity index (χ1v) is 12.1. The number of halogens is 1. The van der Waals surface area contributed by atoms with Crippen LogP contribution in [0, 0.1) is 10.1 Å². The first-order chi connectivity index (χ1) is 14.8. The zero-order chi connectivity index (χ0) is 22.2. The number of hydrogen-bond acceptors (Lipinski definition) is 7. The predicted molar refractivity (Wildman–Crippen MR) is 118 cm³/mol. The normalized spacial score (nSPS) is 15.1. The lowest BCUT2D eigenvalue weighted by atomic mass is 10.2. The third-order valence-electron chi connectivity index (χ3n) is 4.94. The Morgan fingerprint density at radius 2 is 1.90 bits per heavy atom. The standard InChI is InChI=1S/C19H17ClN4O5S2/c20-14-6-4-12(10-16(14)24(26)27)18(25)22-19-21-15-7-5-13(11-17(15)30-19)31(28,29)23-8-2-1-3-9-23/h4-7,10-11H,1-3,8-9H2,(H,21,22,25). The number of thiazole rings is 1. The number of sulfonamides is 1. The number of nitro benzene ring substituents is 1. The van der Waals surface area contributed by atoms with Crippen LogP contribution in [-0.4, -0.2) is 41.6 Å². The van der Waals surface area contributed by atoms with Gasteiger partial charge in [-0.1, -0.05) is 29.4 Å². The van der Waals surface area contributed by atoms with Crippen LogP contribution >= 0.6 is 22.9 Å². The molecule has 0 unspecified atom stereocenters. The van der Waals surface area contributed by atoms with Crippen LogP contribution in [0.15, 0.2) is 41.3 Å². The number of fused-ring (bicyclic) bond motifs is 1. The van der Waals surface area contributed by atoms with Crippen LogP contribution in [0.1, 0.15) is 29.6 Å². The molecule has 0 radical (unpaired) electrons. The fourth-order valence-corrected chi connectivity index (χ4v) is 6.04. The molecule has 162 valence electrons. The van der Waals surface area contributed by atoms with Crippen molar-refractivity contribution in [3.8, 4) is 0 Å². The molecule has 1 fully saturated rings. The summed E-state index contributed by atoms with van der Waals surface area (Å²) in [6, 6.07) is 8.42. The molecule has 1 aliphatic heterocycles. The van der Waals surface area contributed by atoms with Crippen LogP contribution in [0.4, 0.5) is 10.8 Å². The molecule has 0 spiro atoms. The van der Waals surface area contributed by atoms with Gasteiger partial charge in [0.05, 0.1) is 20.0 Å². The fourth-order valence-electron chi connectivity index (χ4n) is 3.34. The van der Waals surface area contributed by atoms with Gasteiger partial charge in [0.2, 0.25) is 10.0 Å². The molecule has 1 amide bonds.